The average Bonchev–Trinajstić information content (AvgIpc) is 2.94. The van der Waals surface area contributed by atoms with Crippen molar-refractivity contribution in [2.24, 2.45) is 0 Å². The van der Waals surface area contributed by atoms with Crippen molar-refractivity contribution in [3.8, 4) is 0 Å². The molecule has 0 saturated heterocycles. The van der Waals surface area contributed by atoms with Gasteiger partial charge in [-0.25, -0.2) is 0 Å². The zero-order valence-electron chi connectivity index (χ0n) is 10.7. The van der Waals surface area contributed by atoms with Crippen LogP contribution in [0.4, 0.5) is 0 Å². The number of halogens is 1. The summed E-state index contributed by atoms with van der Waals surface area (Å²) in [5.74, 6) is -0.0728. The van der Waals surface area contributed by atoms with E-state index in [1.54, 1.807) is 6.20 Å². The smallest absolute Gasteiger partial charge is 0.241 e. The predicted octanol–water partition coefficient (Wildman–Crippen LogP) is 1.25. The average molecular weight is 282 g/mol. The molecular formula is C12H16ClN5O. The quantitative estimate of drug-likeness (QED) is 0.811. The first kappa shape index (κ1) is 13.6. The molecule has 102 valence electrons. The number of carbonyl (C=O) groups excluding carboxylic acids is 1. The van der Waals surface area contributed by atoms with Crippen LogP contribution in [0.15, 0.2) is 24.8 Å². The molecule has 0 saturated carbocycles. The molecule has 0 radical (unpaired) electrons. The van der Waals surface area contributed by atoms with Crippen molar-refractivity contribution in [3.63, 3.8) is 0 Å². The Balaban J connectivity index is 1.64. The monoisotopic (exact) mass is 281 g/mol. The topological polar surface area (TPSA) is 64.7 Å². The molecule has 1 N–H and O–H groups in total. The van der Waals surface area contributed by atoms with Crippen LogP contribution in [0.5, 0.6) is 0 Å². The van der Waals surface area contributed by atoms with Gasteiger partial charge in [-0.05, 0) is 18.9 Å². The lowest BCUT2D eigenvalue weighted by atomic mass is 10.4. The van der Waals surface area contributed by atoms with Gasteiger partial charge in [-0.15, -0.1) is 0 Å². The summed E-state index contributed by atoms with van der Waals surface area (Å²) in [6, 6.07) is 0. The molecule has 0 aliphatic carbocycles. The van der Waals surface area contributed by atoms with Crippen molar-refractivity contribution >= 4 is 17.5 Å². The van der Waals surface area contributed by atoms with Crippen molar-refractivity contribution in [1.82, 2.24) is 24.9 Å². The van der Waals surface area contributed by atoms with E-state index in [9.17, 15) is 4.79 Å². The Bertz CT molecular complexity index is 548. The maximum absolute atomic E-state index is 11.6. The third kappa shape index (κ3) is 4.40. The van der Waals surface area contributed by atoms with Gasteiger partial charge in [0.25, 0.3) is 0 Å². The molecule has 0 aliphatic heterocycles. The molecule has 0 fully saturated rings. The van der Waals surface area contributed by atoms with Crippen LogP contribution in [0.25, 0.3) is 0 Å². The number of hydrogen-bond donors (Lipinski definition) is 1. The van der Waals surface area contributed by atoms with E-state index in [0.717, 1.165) is 18.5 Å². The molecule has 6 nitrogen and oxygen atoms in total. The normalized spacial score (nSPS) is 10.6. The van der Waals surface area contributed by atoms with Gasteiger partial charge in [0.05, 0.1) is 17.4 Å². The maximum atomic E-state index is 11.6. The van der Waals surface area contributed by atoms with Gasteiger partial charge in [-0.2, -0.15) is 10.2 Å². The molecule has 2 aromatic rings. The number of nitrogens with zero attached hydrogens (tertiary/aromatic N) is 4. The summed E-state index contributed by atoms with van der Waals surface area (Å²) in [6.07, 6.45) is 7.77. The second kappa shape index (κ2) is 6.38. The number of aromatic nitrogens is 4. The molecule has 0 unspecified atom stereocenters. The van der Waals surface area contributed by atoms with Gasteiger partial charge in [-0.1, -0.05) is 11.6 Å². The van der Waals surface area contributed by atoms with Crippen LogP contribution in [0.3, 0.4) is 0 Å². The molecule has 7 heteroatoms. The highest BCUT2D eigenvalue weighted by molar-refractivity contribution is 6.30. The third-order valence-corrected chi connectivity index (χ3v) is 2.75. The molecule has 0 spiro atoms. The van der Waals surface area contributed by atoms with E-state index < -0.39 is 0 Å². The number of amides is 1. The summed E-state index contributed by atoms with van der Waals surface area (Å²) in [4.78, 5) is 11.6. The summed E-state index contributed by atoms with van der Waals surface area (Å²) in [5, 5.41) is 11.5. The van der Waals surface area contributed by atoms with E-state index in [0.29, 0.717) is 11.6 Å². The summed E-state index contributed by atoms with van der Waals surface area (Å²) in [5.41, 5.74) is 1.14. The van der Waals surface area contributed by atoms with Crippen LogP contribution < -0.4 is 5.32 Å². The van der Waals surface area contributed by atoms with Gasteiger partial charge in [0, 0.05) is 25.5 Å². The van der Waals surface area contributed by atoms with Crippen LogP contribution >= 0.6 is 11.6 Å². The van der Waals surface area contributed by atoms with Crippen LogP contribution in [0.2, 0.25) is 5.02 Å². The zero-order valence-corrected chi connectivity index (χ0v) is 11.5. The first-order valence-corrected chi connectivity index (χ1v) is 6.45. The Morgan fingerprint density at radius 3 is 2.74 bits per heavy atom. The Kier molecular flexibility index (Phi) is 4.57. The highest BCUT2D eigenvalue weighted by Crippen LogP contribution is 2.03. The summed E-state index contributed by atoms with van der Waals surface area (Å²) < 4.78 is 3.38. The van der Waals surface area contributed by atoms with Gasteiger partial charge >= 0.3 is 0 Å². The van der Waals surface area contributed by atoms with Gasteiger partial charge in [0.2, 0.25) is 5.91 Å². The fourth-order valence-corrected chi connectivity index (χ4v) is 1.84. The van der Waals surface area contributed by atoms with Crippen molar-refractivity contribution in [2.45, 2.75) is 26.4 Å². The lowest BCUT2D eigenvalue weighted by molar-refractivity contribution is -0.121. The van der Waals surface area contributed by atoms with Crippen LogP contribution in [-0.2, 0) is 17.9 Å². The van der Waals surface area contributed by atoms with Crippen LogP contribution in [0, 0.1) is 6.92 Å². The van der Waals surface area contributed by atoms with Crippen molar-refractivity contribution < 1.29 is 4.79 Å². The number of aryl methyl sites for hydroxylation is 2. The van der Waals surface area contributed by atoms with Crippen LogP contribution in [-0.4, -0.2) is 32.0 Å². The SMILES string of the molecule is Cc1cnn(CCCNC(=O)Cn2cc(Cl)cn2)c1. The second-order valence-corrected chi connectivity index (χ2v) is 4.78. The highest BCUT2D eigenvalue weighted by Gasteiger charge is 2.03. The molecule has 0 bridgehead atoms. The molecule has 1 amide bonds. The minimum atomic E-state index is -0.0728. The van der Waals surface area contributed by atoms with Gasteiger partial charge < -0.3 is 5.32 Å². The fraction of sp³-hybridized carbons (Fsp3) is 0.417. The molecular weight excluding hydrogens is 266 g/mol. The lowest BCUT2D eigenvalue weighted by Crippen LogP contribution is -2.29. The second-order valence-electron chi connectivity index (χ2n) is 4.34. The Hall–Kier alpha value is -1.82. The predicted molar refractivity (Wildman–Crippen MR) is 71.8 cm³/mol. The van der Waals surface area contributed by atoms with Gasteiger partial charge in [-0.3, -0.25) is 14.2 Å². The Labute approximate surface area is 116 Å². The number of nitrogens with one attached hydrogen (secondary N) is 1. The molecule has 0 aromatic carbocycles. The number of rotatable bonds is 6. The minimum Gasteiger partial charge on any atom is -0.354 e. The summed E-state index contributed by atoms with van der Waals surface area (Å²) in [6.45, 7) is 3.60. The molecule has 0 atom stereocenters. The van der Waals surface area contributed by atoms with E-state index in [4.69, 9.17) is 11.6 Å². The standard InChI is InChI=1S/C12H16ClN5O/c1-10-5-15-17(7-10)4-2-3-14-12(19)9-18-8-11(13)6-16-18/h5-8H,2-4,9H2,1H3,(H,14,19). The molecule has 2 rings (SSSR count). The molecule has 19 heavy (non-hydrogen) atoms. The minimum absolute atomic E-state index is 0.0728. The van der Waals surface area contributed by atoms with E-state index in [1.807, 2.05) is 24.0 Å². The molecule has 0 aliphatic rings. The Morgan fingerprint density at radius 2 is 2.11 bits per heavy atom. The molecule has 2 aromatic heterocycles. The molecule has 2 heterocycles. The zero-order chi connectivity index (χ0) is 13.7. The van der Waals surface area contributed by atoms with Gasteiger partial charge in [0.1, 0.15) is 6.54 Å². The summed E-state index contributed by atoms with van der Waals surface area (Å²) >= 11 is 5.72. The highest BCUT2D eigenvalue weighted by atomic mass is 35.5. The van der Waals surface area contributed by atoms with Crippen molar-refractivity contribution in [3.05, 3.63) is 35.4 Å². The first-order valence-electron chi connectivity index (χ1n) is 6.07. The van der Waals surface area contributed by atoms with Crippen molar-refractivity contribution in [2.75, 3.05) is 6.54 Å². The summed E-state index contributed by atoms with van der Waals surface area (Å²) in [7, 11) is 0. The van der Waals surface area contributed by atoms with E-state index in [-0.39, 0.29) is 12.5 Å². The van der Waals surface area contributed by atoms with Crippen LogP contribution in [0.1, 0.15) is 12.0 Å². The van der Waals surface area contributed by atoms with E-state index in [1.165, 1.54) is 10.9 Å². The van der Waals surface area contributed by atoms with E-state index >= 15 is 0 Å². The van der Waals surface area contributed by atoms with Crippen molar-refractivity contribution in [1.29, 1.82) is 0 Å². The van der Waals surface area contributed by atoms with Gasteiger partial charge in [0.15, 0.2) is 0 Å². The maximum Gasteiger partial charge on any atom is 0.241 e. The fourth-order valence-electron chi connectivity index (χ4n) is 1.69. The number of carbonyl (C=O) groups is 1. The lowest BCUT2D eigenvalue weighted by Gasteiger charge is -2.05. The first-order chi connectivity index (χ1) is 9.13. The largest absolute Gasteiger partial charge is 0.354 e. The third-order valence-electron chi connectivity index (χ3n) is 2.56. The Morgan fingerprint density at radius 1 is 1.32 bits per heavy atom. The van der Waals surface area contributed by atoms with E-state index in [2.05, 4.69) is 15.5 Å². The number of hydrogen-bond acceptors (Lipinski definition) is 3.